The van der Waals surface area contributed by atoms with Crippen molar-refractivity contribution in [1.29, 1.82) is 0 Å². The fourth-order valence-corrected chi connectivity index (χ4v) is 2.51. The van der Waals surface area contributed by atoms with Crippen LogP contribution in [0, 0.1) is 0 Å². The number of hydrogen-bond donors (Lipinski definition) is 3. The summed E-state index contributed by atoms with van der Waals surface area (Å²) >= 11 is 5.80. The second-order valence-corrected chi connectivity index (χ2v) is 5.97. The summed E-state index contributed by atoms with van der Waals surface area (Å²) in [6.45, 7) is 5.98. The SMILES string of the molecule is C[NH+]1CC[NH+](CC(=O)NCCOc2ccc(Cl)cc2)CC1. The van der Waals surface area contributed by atoms with Crippen molar-refractivity contribution in [3.63, 3.8) is 0 Å². The Kier molecular flexibility index (Phi) is 6.29. The van der Waals surface area contributed by atoms with E-state index in [1.807, 2.05) is 12.1 Å². The van der Waals surface area contributed by atoms with Gasteiger partial charge in [-0.05, 0) is 24.3 Å². The number of nitrogens with one attached hydrogen (secondary N) is 3. The first-order chi connectivity index (χ1) is 10.1. The van der Waals surface area contributed by atoms with E-state index in [9.17, 15) is 4.79 Å². The van der Waals surface area contributed by atoms with E-state index >= 15 is 0 Å². The molecule has 21 heavy (non-hydrogen) atoms. The molecule has 0 unspecified atom stereocenters. The second-order valence-electron chi connectivity index (χ2n) is 5.54. The highest BCUT2D eigenvalue weighted by molar-refractivity contribution is 6.30. The van der Waals surface area contributed by atoms with E-state index in [4.69, 9.17) is 16.3 Å². The number of rotatable bonds is 6. The highest BCUT2D eigenvalue weighted by Crippen LogP contribution is 2.14. The molecule has 1 saturated heterocycles. The van der Waals surface area contributed by atoms with Crippen LogP contribution in [0.15, 0.2) is 24.3 Å². The smallest absolute Gasteiger partial charge is 0.275 e. The Morgan fingerprint density at radius 2 is 1.90 bits per heavy atom. The van der Waals surface area contributed by atoms with E-state index in [1.54, 1.807) is 17.0 Å². The number of carbonyl (C=O) groups excluding carboxylic acids is 1. The molecule has 6 heteroatoms. The fraction of sp³-hybridized carbons (Fsp3) is 0.533. The van der Waals surface area contributed by atoms with Gasteiger partial charge >= 0.3 is 0 Å². The number of likely N-dealkylation sites (N-methyl/N-ethyl adjacent to an activating group) is 1. The van der Waals surface area contributed by atoms with Crippen LogP contribution < -0.4 is 19.9 Å². The van der Waals surface area contributed by atoms with E-state index in [1.165, 1.54) is 4.90 Å². The predicted octanol–water partition coefficient (Wildman–Crippen LogP) is -1.75. The summed E-state index contributed by atoms with van der Waals surface area (Å²) in [6.07, 6.45) is 0. The molecule has 0 aliphatic carbocycles. The maximum Gasteiger partial charge on any atom is 0.275 e. The third-order valence-electron chi connectivity index (χ3n) is 3.73. The van der Waals surface area contributed by atoms with Crippen molar-refractivity contribution in [2.24, 2.45) is 0 Å². The quantitative estimate of drug-likeness (QED) is 0.546. The Balaban J connectivity index is 1.58. The molecular weight excluding hydrogens is 290 g/mol. The maximum absolute atomic E-state index is 11.8. The fourth-order valence-electron chi connectivity index (χ4n) is 2.39. The molecule has 5 nitrogen and oxygen atoms in total. The van der Waals surface area contributed by atoms with Gasteiger partial charge in [0, 0.05) is 5.02 Å². The molecule has 2 rings (SSSR count). The van der Waals surface area contributed by atoms with Crippen molar-refractivity contribution >= 4 is 17.5 Å². The Morgan fingerprint density at radius 3 is 2.57 bits per heavy atom. The van der Waals surface area contributed by atoms with Gasteiger partial charge in [-0.1, -0.05) is 11.6 Å². The molecule has 0 bridgehead atoms. The summed E-state index contributed by atoms with van der Waals surface area (Å²) in [5.74, 6) is 0.866. The van der Waals surface area contributed by atoms with Gasteiger partial charge in [0.1, 0.15) is 38.5 Å². The molecule has 116 valence electrons. The molecule has 1 heterocycles. The van der Waals surface area contributed by atoms with Crippen LogP contribution >= 0.6 is 11.6 Å². The third-order valence-corrected chi connectivity index (χ3v) is 3.98. The maximum atomic E-state index is 11.8. The van der Waals surface area contributed by atoms with Gasteiger partial charge in [0.15, 0.2) is 6.54 Å². The highest BCUT2D eigenvalue weighted by Gasteiger charge is 2.21. The van der Waals surface area contributed by atoms with Gasteiger partial charge in [-0.2, -0.15) is 0 Å². The molecular formula is C15H24ClN3O2+2. The predicted molar refractivity (Wildman–Crippen MR) is 82.1 cm³/mol. The normalized spacial score (nSPS) is 21.8. The van der Waals surface area contributed by atoms with Crippen molar-refractivity contribution in [1.82, 2.24) is 5.32 Å². The van der Waals surface area contributed by atoms with E-state index in [0.717, 1.165) is 31.9 Å². The van der Waals surface area contributed by atoms with Crippen molar-refractivity contribution in [2.75, 3.05) is 52.9 Å². The van der Waals surface area contributed by atoms with Gasteiger partial charge in [0.05, 0.1) is 13.6 Å². The highest BCUT2D eigenvalue weighted by atomic mass is 35.5. The lowest BCUT2D eigenvalue weighted by Gasteiger charge is -2.26. The summed E-state index contributed by atoms with van der Waals surface area (Å²) < 4.78 is 5.53. The molecule has 0 saturated carbocycles. The first-order valence-corrected chi connectivity index (χ1v) is 7.81. The zero-order valence-electron chi connectivity index (χ0n) is 12.5. The largest absolute Gasteiger partial charge is 0.492 e. The van der Waals surface area contributed by atoms with Gasteiger partial charge in [-0.3, -0.25) is 4.79 Å². The number of quaternary nitrogens is 2. The minimum atomic E-state index is 0.101. The molecule has 1 aliphatic rings. The van der Waals surface area contributed by atoms with Crippen molar-refractivity contribution in [3.05, 3.63) is 29.3 Å². The molecule has 1 aromatic rings. The van der Waals surface area contributed by atoms with Crippen LogP contribution in [0.1, 0.15) is 0 Å². The van der Waals surface area contributed by atoms with Crippen LogP contribution in [-0.4, -0.2) is 58.8 Å². The van der Waals surface area contributed by atoms with Crippen molar-refractivity contribution in [2.45, 2.75) is 0 Å². The van der Waals surface area contributed by atoms with Crippen LogP contribution in [0.4, 0.5) is 0 Å². The number of carbonyl (C=O) groups is 1. The number of piperazine rings is 1. The first kappa shape index (κ1) is 16.1. The molecule has 1 amide bonds. The Bertz CT molecular complexity index is 445. The molecule has 1 aromatic carbocycles. The molecule has 0 aromatic heterocycles. The monoisotopic (exact) mass is 313 g/mol. The average Bonchev–Trinajstić information content (AvgIpc) is 2.48. The zero-order valence-corrected chi connectivity index (χ0v) is 13.2. The van der Waals surface area contributed by atoms with E-state index in [0.29, 0.717) is 24.7 Å². The number of benzene rings is 1. The Hall–Kier alpha value is -1.30. The minimum absolute atomic E-state index is 0.101. The molecule has 0 atom stereocenters. The van der Waals surface area contributed by atoms with E-state index in [2.05, 4.69) is 12.4 Å². The average molecular weight is 314 g/mol. The zero-order chi connectivity index (χ0) is 15.1. The number of hydrogen-bond acceptors (Lipinski definition) is 2. The van der Waals surface area contributed by atoms with Crippen LogP contribution in [0.25, 0.3) is 0 Å². The van der Waals surface area contributed by atoms with Gasteiger partial charge < -0.3 is 19.9 Å². The second kappa shape index (κ2) is 8.22. The van der Waals surface area contributed by atoms with E-state index < -0.39 is 0 Å². The third kappa shape index (κ3) is 5.91. The first-order valence-electron chi connectivity index (χ1n) is 7.43. The molecule has 1 fully saturated rings. The molecule has 1 aliphatic heterocycles. The van der Waals surface area contributed by atoms with Crippen molar-refractivity contribution < 1.29 is 19.3 Å². The lowest BCUT2D eigenvalue weighted by atomic mass is 10.3. The van der Waals surface area contributed by atoms with Crippen LogP contribution in [0.3, 0.4) is 0 Å². The summed E-state index contributed by atoms with van der Waals surface area (Å²) in [5.41, 5.74) is 0. The minimum Gasteiger partial charge on any atom is -0.492 e. The summed E-state index contributed by atoms with van der Waals surface area (Å²) in [5, 5.41) is 3.59. The van der Waals surface area contributed by atoms with Gasteiger partial charge in [0.2, 0.25) is 0 Å². The summed E-state index contributed by atoms with van der Waals surface area (Å²) in [6, 6.07) is 7.21. The molecule has 3 N–H and O–H groups in total. The summed E-state index contributed by atoms with van der Waals surface area (Å²) in [7, 11) is 2.20. The van der Waals surface area contributed by atoms with Crippen molar-refractivity contribution in [3.8, 4) is 5.75 Å². The van der Waals surface area contributed by atoms with Gasteiger partial charge in [-0.15, -0.1) is 0 Å². The van der Waals surface area contributed by atoms with Crippen LogP contribution in [-0.2, 0) is 4.79 Å². The van der Waals surface area contributed by atoms with E-state index in [-0.39, 0.29) is 5.91 Å². The number of ether oxygens (including phenoxy) is 1. The number of halogens is 1. The lowest BCUT2D eigenvalue weighted by molar-refractivity contribution is -1.000. The van der Waals surface area contributed by atoms with Gasteiger partial charge in [-0.25, -0.2) is 0 Å². The lowest BCUT2D eigenvalue weighted by Crippen LogP contribution is -3.27. The molecule has 0 radical (unpaired) electrons. The Labute approximate surface area is 130 Å². The molecule has 0 spiro atoms. The topological polar surface area (TPSA) is 47.2 Å². The Morgan fingerprint density at radius 1 is 1.24 bits per heavy atom. The summed E-state index contributed by atoms with van der Waals surface area (Å²) in [4.78, 5) is 14.8. The van der Waals surface area contributed by atoms with Crippen LogP contribution in [0.5, 0.6) is 5.75 Å². The van der Waals surface area contributed by atoms with Gasteiger partial charge in [0.25, 0.3) is 5.91 Å². The number of amides is 1. The van der Waals surface area contributed by atoms with Crippen LogP contribution in [0.2, 0.25) is 5.02 Å². The standard InChI is InChI=1S/C15H22ClN3O2/c1-18-7-9-19(10-8-18)12-15(20)17-6-11-21-14-4-2-13(16)3-5-14/h2-5H,6-12H2,1H3,(H,17,20)/p+2.